The Morgan fingerprint density at radius 1 is 1.24 bits per heavy atom. The van der Waals surface area contributed by atoms with Crippen LogP contribution < -0.4 is 10.1 Å². The molecule has 0 radical (unpaired) electrons. The normalized spacial score (nSPS) is 11.3. The van der Waals surface area contributed by atoms with E-state index in [1.165, 1.54) is 10.6 Å². The van der Waals surface area contributed by atoms with Gasteiger partial charge in [0.2, 0.25) is 0 Å². The molecule has 2 aromatic rings. The average molecular weight is 304 g/mol. The molecule has 3 nitrogen and oxygen atoms in total. The van der Waals surface area contributed by atoms with Crippen molar-refractivity contribution in [3.63, 3.8) is 0 Å². The summed E-state index contributed by atoms with van der Waals surface area (Å²) in [5.41, 5.74) is 2.25. The summed E-state index contributed by atoms with van der Waals surface area (Å²) in [4.78, 5) is 4.59. The van der Waals surface area contributed by atoms with E-state index in [-0.39, 0.29) is 0 Å². The quantitative estimate of drug-likeness (QED) is 0.826. The zero-order chi connectivity index (χ0) is 15.2. The van der Waals surface area contributed by atoms with Crippen LogP contribution in [0.1, 0.15) is 49.9 Å². The van der Waals surface area contributed by atoms with Crippen LogP contribution in [0, 0.1) is 0 Å². The van der Waals surface area contributed by atoms with E-state index >= 15 is 0 Å². The van der Waals surface area contributed by atoms with E-state index in [2.05, 4.69) is 55.5 Å². The second-order valence-electron chi connectivity index (χ2n) is 5.80. The Hall–Kier alpha value is -1.39. The smallest absolute Gasteiger partial charge is 0.131 e. The average Bonchev–Trinajstić information content (AvgIpc) is 2.92. The molecule has 0 unspecified atom stereocenters. The van der Waals surface area contributed by atoms with Gasteiger partial charge in [-0.2, -0.15) is 0 Å². The van der Waals surface area contributed by atoms with Crippen LogP contribution in [-0.2, 0) is 13.2 Å². The maximum absolute atomic E-state index is 5.85. The van der Waals surface area contributed by atoms with Crippen LogP contribution in [0.2, 0.25) is 0 Å². The molecule has 0 bridgehead atoms. The van der Waals surface area contributed by atoms with Gasteiger partial charge in [-0.3, -0.25) is 0 Å². The number of aromatic nitrogens is 1. The van der Waals surface area contributed by atoms with Gasteiger partial charge in [0.15, 0.2) is 0 Å². The van der Waals surface area contributed by atoms with Crippen molar-refractivity contribution in [2.75, 3.05) is 0 Å². The Balaban J connectivity index is 1.91. The van der Waals surface area contributed by atoms with Crippen molar-refractivity contribution in [1.29, 1.82) is 0 Å². The second-order valence-corrected chi connectivity index (χ2v) is 6.69. The van der Waals surface area contributed by atoms with E-state index in [1.807, 2.05) is 12.1 Å². The molecule has 114 valence electrons. The van der Waals surface area contributed by atoms with Crippen molar-refractivity contribution in [3.8, 4) is 5.75 Å². The number of hydrogen-bond acceptors (Lipinski definition) is 4. The lowest BCUT2D eigenvalue weighted by Gasteiger charge is -2.10. The van der Waals surface area contributed by atoms with E-state index in [0.29, 0.717) is 18.6 Å². The van der Waals surface area contributed by atoms with Crippen LogP contribution in [0.4, 0.5) is 0 Å². The van der Waals surface area contributed by atoms with Gasteiger partial charge in [-0.15, -0.1) is 11.3 Å². The van der Waals surface area contributed by atoms with Crippen LogP contribution >= 0.6 is 11.3 Å². The fraction of sp³-hybridized carbons (Fsp3) is 0.471. The van der Waals surface area contributed by atoms with Crippen LogP contribution in [0.5, 0.6) is 5.75 Å². The topological polar surface area (TPSA) is 34.1 Å². The van der Waals surface area contributed by atoms with Crippen molar-refractivity contribution >= 4 is 11.3 Å². The summed E-state index contributed by atoms with van der Waals surface area (Å²) in [7, 11) is 0. The first-order chi connectivity index (χ1) is 10.0. The molecule has 0 atom stereocenters. The molecule has 4 heteroatoms. The Bertz CT molecular complexity index is 563. The van der Waals surface area contributed by atoms with Crippen molar-refractivity contribution in [2.24, 2.45) is 0 Å². The van der Waals surface area contributed by atoms with Crippen molar-refractivity contribution in [3.05, 3.63) is 45.9 Å². The molecule has 0 fully saturated rings. The number of benzene rings is 1. The summed E-state index contributed by atoms with van der Waals surface area (Å²) < 4.78 is 5.85. The Labute approximate surface area is 131 Å². The number of nitrogens with zero attached hydrogens (tertiary/aromatic N) is 1. The molecule has 0 aliphatic heterocycles. The molecule has 1 aromatic heterocycles. The van der Waals surface area contributed by atoms with Crippen molar-refractivity contribution in [1.82, 2.24) is 10.3 Å². The van der Waals surface area contributed by atoms with Crippen LogP contribution in [0.15, 0.2) is 29.6 Å². The fourth-order valence-corrected chi connectivity index (χ4v) is 2.70. The Morgan fingerprint density at radius 3 is 2.71 bits per heavy atom. The first kappa shape index (κ1) is 16.0. The number of hydrogen-bond donors (Lipinski definition) is 1. The molecule has 1 N–H and O–H groups in total. The summed E-state index contributed by atoms with van der Waals surface area (Å²) in [5.74, 6) is 1.38. The molecule has 1 heterocycles. The highest BCUT2D eigenvalue weighted by Crippen LogP contribution is 2.21. The van der Waals surface area contributed by atoms with E-state index in [0.717, 1.165) is 18.0 Å². The lowest BCUT2D eigenvalue weighted by atomic mass is 10.2. The van der Waals surface area contributed by atoms with Gasteiger partial charge in [0.1, 0.15) is 12.4 Å². The summed E-state index contributed by atoms with van der Waals surface area (Å²) in [6.45, 7) is 10.0. The molecule has 1 aromatic carbocycles. The predicted molar refractivity (Wildman–Crippen MR) is 89.0 cm³/mol. The van der Waals surface area contributed by atoms with E-state index in [1.54, 1.807) is 11.3 Å². The number of ether oxygens (including phenoxy) is 1. The first-order valence-corrected chi connectivity index (χ1v) is 8.32. The molecular formula is C17H24N2OS. The fourth-order valence-electron chi connectivity index (χ4n) is 1.88. The molecule has 0 aliphatic carbocycles. The summed E-state index contributed by atoms with van der Waals surface area (Å²) in [6, 6.07) is 8.72. The maximum Gasteiger partial charge on any atom is 0.131 e. The monoisotopic (exact) mass is 304 g/mol. The minimum absolute atomic E-state index is 0.481. The largest absolute Gasteiger partial charge is 0.487 e. The van der Waals surface area contributed by atoms with Gasteiger partial charge in [-0.05, 0) is 17.7 Å². The van der Waals surface area contributed by atoms with Crippen LogP contribution in [0.3, 0.4) is 0 Å². The van der Waals surface area contributed by atoms with Crippen LogP contribution in [0.25, 0.3) is 0 Å². The highest BCUT2D eigenvalue weighted by atomic mass is 32.1. The van der Waals surface area contributed by atoms with E-state index < -0.39 is 0 Å². The van der Waals surface area contributed by atoms with Gasteiger partial charge in [0.25, 0.3) is 0 Å². The molecule has 0 saturated heterocycles. The van der Waals surface area contributed by atoms with Crippen LogP contribution in [-0.4, -0.2) is 11.0 Å². The predicted octanol–water partition coefficient (Wildman–Crippen LogP) is 4.34. The number of nitrogens with one attached hydrogen (secondary N) is 1. The first-order valence-electron chi connectivity index (χ1n) is 7.44. The van der Waals surface area contributed by atoms with Crippen molar-refractivity contribution < 1.29 is 4.74 Å². The number of rotatable bonds is 7. The molecule has 0 aliphatic rings. The third-order valence-corrected chi connectivity index (χ3v) is 4.26. The van der Waals surface area contributed by atoms with Gasteiger partial charge >= 0.3 is 0 Å². The third kappa shape index (κ3) is 5.14. The molecule has 0 spiro atoms. The third-order valence-electron chi connectivity index (χ3n) is 3.06. The van der Waals surface area contributed by atoms with Gasteiger partial charge < -0.3 is 10.1 Å². The van der Waals surface area contributed by atoms with E-state index in [4.69, 9.17) is 4.74 Å². The number of thiazole rings is 1. The van der Waals surface area contributed by atoms with E-state index in [9.17, 15) is 0 Å². The summed E-state index contributed by atoms with van der Waals surface area (Å²) >= 11 is 1.71. The van der Waals surface area contributed by atoms with Gasteiger partial charge in [0, 0.05) is 23.9 Å². The lowest BCUT2D eigenvalue weighted by Crippen LogP contribution is -2.21. The van der Waals surface area contributed by atoms with Crippen molar-refractivity contribution in [2.45, 2.75) is 52.8 Å². The molecule has 21 heavy (non-hydrogen) atoms. The minimum Gasteiger partial charge on any atom is -0.487 e. The standard InChI is InChI=1S/C17H24N2OS/c1-12(2)17-19-15(11-21-17)10-20-16-7-5-6-14(8-16)9-18-13(3)4/h5-8,11-13,18H,9-10H2,1-4H3. The molecular weight excluding hydrogens is 280 g/mol. The SMILES string of the molecule is CC(C)NCc1cccc(OCc2csc(C(C)C)n2)c1. The van der Waals surface area contributed by atoms with Gasteiger partial charge in [-0.1, -0.05) is 39.8 Å². The van der Waals surface area contributed by atoms with Gasteiger partial charge in [0.05, 0.1) is 10.7 Å². The highest BCUT2D eigenvalue weighted by molar-refractivity contribution is 7.09. The molecule has 0 saturated carbocycles. The lowest BCUT2D eigenvalue weighted by molar-refractivity contribution is 0.301. The Morgan fingerprint density at radius 2 is 2.05 bits per heavy atom. The zero-order valence-corrected chi connectivity index (χ0v) is 14.0. The minimum atomic E-state index is 0.481. The zero-order valence-electron chi connectivity index (χ0n) is 13.2. The molecule has 0 amide bonds. The maximum atomic E-state index is 5.85. The molecule has 2 rings (SSSR count). The summed E-state index contributed by atoms with van der Waals surface area (Å²) in [5, 5.41) is 6.67. The second kappa shape index (κ2) is 7.57. The highest BCUT2D eigenvalue weighted by Gasteiger charge is 2.06. The summed E-state index contributed by atoms with van der Waals surface area (Å²) in [6.07, 6.45) is 0. The van der Waals surface area contributed by atoms with Gasteiger partial charge in [-0.25, -0.2) is 4.98 Å². The Kier molecular flexibility index (Phi) is 5.76.